The van der Waals surface area contributed by atoms with Crippen LogP contribution in [0.5, 0.6) is 0 Å². The molecule has 0 radical (unpaired) electrons. The van der Waals surface area contributed by atoms with E-state index in [9.17, 15) is 4.79 Å². The second kappa shape index (κ2) is 2.43. The zero-order valence-electron chi connectivity index (χ0n) is 2.80. The number of nitrogens with two attached hydrogens (primary N) is 1. The Labute approximate surface area is 33.6 Å². The number of hydrogen-bond acceptors (Lipinski definition) is 3. The molecular formula is CH3N2O3-. The van der Waals surface area contributed by atoms with Gasteiger partial charge in [-0.3, -0.25) is 0 Å². The predicted octanol–water partition coefficient (Wildman–Crippen LogP) is -2.14. The van der Waals surface area contributed by atoms with Crippen molar-refractivity contribution in [3.63, 3.8) is 0 Å². The van der Waals surface area contributed by atoms with Gasteiger partial charge in [0, 0.05) is 0 Å². The van der Waals surface area contributed by atoms with Gasteiger partial charge in [0.15, 0.2) is 0 Å². The molecule has 0 rings (SSSR count). The van der Waals surface area contributed by atoms with Crippen molar-refractivity contribution < 1.29 is 15.0 Å². The van der Waals surface area contributed by atoms with Crippen LogP contribution in [0.2, 0.25) is 0 Å². The molecule has 0 aliphatic carbocycles. The van der Waals surface area contributed by atoms with Crippen molar-refractivity contribution in [2.75, 3.05) is 0 Å². The zero-order chi connectivity index (χ0) is 4.99. The molecule has 2 amide bonds. The Balaban J connectivity index is 2.83. The lowest BCUT2D eigenvalue weighted by molar-refractivity contribution is -0.705. The summed E-state index contributed by atoms with van der Waals surface area (Å²) in [6.07, 6.45) is 0. The first-order valence-corrected chi connectivity index (χ1v) is 1.11. The van der Waals surface area contributed by atoms with Crippen molar-refractivity contribution in [3.8, 4) is 0 Å². The normalized spacial score (nSPS) is 7.50. The van der Waals surface area contributed by atoms with E-state index < -0.39 is 6.03 Å². The Bertz CT molecular complexity index is 52.8. The van der Waals surface area contributed by atoms with E-state index in [1.165, 1.54) is 5.48 Å². The third-order valence-electron chi connectivity index (χ3n) is 0.142. The van der Waals surface area contributed by atoms with Crippen LogP contribution in [0, 0.1) is 0 Å². The quantitative estimate of drug-likeness (QED) is 0.285. The van der Waals surface area contributed by atoms with E-state index in [4.69, 9.17) is 5.26 Å². The molecule has 3 N–H and O–H groups in total. The van der Waals surface area contributed by atoms with Gasteiger partial charge in [-0.1, -0.05) is 0 Å². The molecule has 0 unspecified atom stereocenters. The molecule has 5 heteroatoms. The van der Waals surface area contributed by atoms with E-state index in [0.717, 1.165) is 0 Å². The highest BCUT2D eigenvalue weighted by Gasteiger charge is 1.77. The molecule has 0 atom stereocenters. The second-order valence-corrected chi connectivity index (χ2v) is 0.550. The minimum absolute atomic E-state index is 0.995. The van der Waals surface area contributed by atoms with E-state index in [1.54, 1.807) is 0 Å². The summed E-state index contributed by atoms with van der Waals surface area (Å²) >= 11 is 0. The average molecular weight is 91.0 g/mol. The largest absolute Gasteiger partial charge is 0.698 e. The van der Waals surface area contributed by atoms with E-state index >= 15 is 0 Å². The molecule has 0 aliphatic rings. The topological polar surface area (TPSA) is 87.4 Å². The fraction of sp³-hybridized carbons (Fsp3) is 0. The maximum absolute atomic E-state index is 9.39. The van der Waals surface area contributed by atoms with Gasteiger partial charge in [0.1, 0.15) is 0 Å². The number of rotatable bonds is 1. The van der Waals surface area contributed by atoms with Crippen LogP contribution in [0.3, 0.4) is 0 Å². The van der Waals surface area contributed by atoms with Crippen LogP contribution in [0.25, 0.3) is 0 Å². The van der Waals surface area contributed by atoms with Gasteiger partial charge in [-0.25, -0.2) is 10.3 Å². The van der Waals surface area contributed by atoms with Gasteiger partial charge in [0.2, 0.25) is 0 Å². The molecule has 0 spiro atoms. The summed E-state index contributed by atoms with van der Waals surface area (Å²) in [4.78, 5) is 12.2. The molecule has 0 aromatic heterocycles. The number of hydroxylamine groups is 1. The summed E-state index contributed by atoms with van der Waals surface area (Å²) in [6, 6.07) is -0.995. The first kappa shape index (κ1) is 5.19. The number of nitrogens with one attached hydrogen (secondary N) is 1. The molecule has 0 aromatic rings. The van der Waals surface area contributed by atoms with Crippen molar-refractivity contribution in [1.29, 1.82) is 0 Å². The number of carbonyl (C=O) groups excluding carboxylic acids is 1. The van der Waals surface area contributed by atoms with Crippen molar-refractivity contribution in [2.45, 2.75) is 0 Å². The number of primary amides is 1. The lowest BCUT2D eigenvalue weighted by atomic mass is 11.2. The number of hydrogen-bond donors (Lipinski definition) is 2. The maximum Gasteiger partial charge on any atom is 0.335 e. The van der Waals surface area contributed by atoms with Crippen molar-refractivity contribution in [2.24, 2.45) is 5.73 Å². The fourth-order valence-electron chi connectivity index (χ4n) is 0.0411. The van der Waals surface area contributed by atoms with Crippen LogP contribution in [-0.4, -0.2) is 6.03 Å². The molecule has 0 bridgehead atoms. The van der Waals surface area contributed by atoms with Crippen LogP contribution >= 0.6 is 0 Å². The molecule has 6 heavy (non-hydrogen) atoms. The number of amides is 2. The van der Waals surface area contributed by atoms with Gasteiger partial charge in [-0.15, -0.1) is 0 Å². The van der Waals surface area contributed by atoms with Crippen molar-refractivity contribution in [3.05, 3.63) is 0 Å². The lowest BCUT2D eigenvalue weighted by Crippen LogP contribution is -2.33. The molecule has 0 aromatic carbocycles. The van der Waals surface area contributed by atoms with Crippen molar-refractivity contribution >= 4 is 6.03 Å². The van der Waals surface area contributed by atoms with Crippen molar-refractivity contribution in [1.82, 2.24) is 5.48 Å². The van der Waals surface area contributed by atoms with Crippen LogP contribution in [-0.2, 0) is 4.99 Å². The minimum atomic E-state index is -0.995. The molecule has 0 fully saturated rings. The Morgan fingerprint density at radius 2 is 2.50 bits per heavy atom. The fourth-order valence-corrected chi connectivity index (χ4v) is 0.0411. The summed E-state index contributed by atoms with van der Waals surface area (Å²) in [7, 11) is 0. The van der Waals surface area contributed by atoms with Gasteiger partial charge in [-0.2, -0.15) is 0 Å². The average Bonchev–Trinajstić information content (AvgIpc) is 1.35. The Morgan fingerprint density at radius 3 is 2.50 bits per heavy atom. The zero-order valence-corrected chi connectivity index (χ0v) is 2.80. The van der Waals surface area contributed by atoms with Gasteiger partial charge < -0.3 is 16.0 Å². The Kier molecular flexibility index (Phi) is 2.10. The summed E-state index contributed by atoms with van der Waals surface area (Å²) in [6.45, 7) is 0. The highest BCUT2D eigenvalue weighted by molar-refractivity contribution is 5.70. The Hall–Kier alpha value is -0.810. The van der Waals surface area contributed by atoms with E-state index in [-0.39, 0.29) is 0 Å². The third kappa shape index (κ3) is 3.19. The maximum atomic E-state index is 9.39. The number of urea groups is 1. The highest BCUT2D eigenvalue weighted by atomic mass is 17.2. The molecule has 5 nitrogen and oxygen atoms in total. The molecule has 36 valence electrons. The predicted molar refractivity (Wildman–Crippen MR) is 13.8 cm³/mol. The molecule has 0 aliphatic heterocycles. The Morgan fingerprint density at radius 1 is 2.00 bits per heavy atom. The van der Waals surface area contributed by atoms with Crippen LogP contribution in [0.1, 0.15) is 0 Å². The van der Waals surface area contributed by atoms with Crippen LogP contribution < -0.4 is 16.5 Å². The van der Waals surface area contributed by atoms with Gasteiger partial charge in [-0.05, 0) is 0 Å². The van der Waals surface area contributed by atoms with Crippen LogP contribution in [0.4, 0.5) is 4.79 Å². The number of carbonyl (C=O) groups is 1. The van der Waals surface area contributed by atoms with Gasteiger partial charge in [0.05, 0.1) is 0 Å². The second-order valence-electron chi connectivity index (χ2n) is 0.550. The molecule has 0 saturated heterocycles. The molecule has 0 saturated carbocycles. The van der Waals surface area contributed by atoms with E-state index in [2.05, 4.69) is 10.7 Å². The monoisotopic (exact) mass is 91.0 g/mol. The summed E-state index contributed by atoms with van der Waals surface area (Å²) in [5.74, 6) is 0. The lowest BCUT2D eigenvalue weighted by Gasteiger charge is -2.01. The molecule has 0 heterocycles. The first-order valence-electron chi connectivity index (χ1n) is 1.11. The standard InChI is InChI=1S/CH4N2O3/c2-1(4)3-6-5/h5H,(H3,2,3,4)/p-1. The van der Waals surface area contributed by atoms with Gasteiger partial charge >= 0.3 is 6.03 Å². The smallest absolute Gasteiger partial charge is 0.335 e. The minimum Gasteiger partial charge on any atom is -0.698 e. The van der Waals surface area contributed by atoms with Gasteiger partial charge in [0.25, 0.3) is 0 Å². The first-order chi connectivity index (χ1) is 2.77. The SMILES string of the molecule is NC(=O)NO[O-]. The van der Waals surface area contributed by atoms with E-state index in [0.29, 0.717) is 0 Å². The van der Waals surface area contributed by atoms with E-state index in [1.807, 2.05) is 0 Å². The summed E-state index contributed by atoms with van der Waals surface area (Å²) in [5.41, 5.74) is 5.62. The summed E-state index contributed by atoms with van der Waals surface area (Å²) < 4.78 is 0. The van der Waals surface area contributed by atoms with Crippen LogP contribution in [0.15, 0.2) is 0 Å². The third-order valence-corrected chi connectivity index (χ3v) is 0.142. The highest BCUT2D eigenvalue weighted by Crippen LogP contribution is 1.44. The summed E-state index contributed by atoms with van der Waals surface area (Å²) in [5, 5.41) is 8.83. The molecular weight excluding hydrogens is 88.0 g/mol.